The van der Waals surface area contributed by atoms with Crippen molar-refractivity contribution in [3.05, 3.63) is 28.8 Å². The van der Waals surface area contributed by atoms with Crippen LogP contribution in [0.25, 0.3) is 0 Å². The Hall–Kier alpha value is -2.30. The first-order valence-corrected chi connectivity index (χ1v) is 8.62. The molecule has 1 atom stereocenters. The van der Waals surface area contributed by atoms with E-state index < -0.39 is 0 Å². The van der Waals surface area contributed by atoms with Crippen LogP contribution in [0.5, 0.6) is 0 Å². The molecule has 132 valence electrons. The molecule has 25 heavy (non-hydrogen) atoms. The highest BCUT2D eigenvalue weighted by atomic mass is 35.5. The SMILES string of the molecule is N#Cc1ccc(NC(=O)N2CCN(C(=O)C3CCCO3)CC2)cc1Cl. The fraction of sp³-hybridized carbons (Fsp3) is 0.471. The van der Waals surface area contributed by atoms with Crippen LogP contribution in [0.2, 0.25) is 5.02 Å². The molecule has 0 aromatic heterocycles. The molecule has 0 radical (unpaired) electrons. The Labute approximate surface area is 151 Å². The number of carbonyl (C=O) groups is 2. The second kappa shape index (κ2) is 7.72. The molecule has 1 N–H and O–H groups in total. The number of nitrogens with one attached hydrogen (secondary N) is 1. The van der Waals surface area contributed by atoms with E-state index in [1.165, 1.54) is 0 Å². The van der Waals surface area contributed by atoms with E-state index in [9.17, 15) is 9.59 Å². The van der Waals surface area contributed by atoms with Gasteiger partial charge >= 0.3 is 6.03 Å². The van der Waals surface area contributed by atoms with Crippen LogP contribution in [0.15, 0.2) is 18.2 Å². The quantitative estimate of drug-likeness (QED) is 0.872. The van der Waals surface area contributed by atoms with Crippen LogP contribution in [0, 0.1) is 11.3 Å². The minimum atomic E-state index is -0.318. The molecule has 0 bridgehead atoms. The zero-order chi connectivity index (χ0) is 17.8. The van der Waals surface area contributed by atoms with E-state index in [-0.39, 0.29) is 18.0 Å². The van der Waals surface area contributed by atoms with Crippen molar-refractivity contribution in [3.63, 3.8) is 0 Å². The van der Waals surface area contributed by atoms with Crippen molar-refractivity contribution >= 4 is 29.2 Å². The maximum absolute atomic E-state index is 12.3. The van der Waals surface area contributed by atoms with Crippen molar-refractivity contribution in [1.29, 1.82) is 5.26 Å². The molecule has 2 saturated heterocycles. The lowest BCUT2D eigenvalue weighted by Gasteiger charge is -2.35. The van der Waals surface area contributed by atoms with E-state index in [1.807, 2.05) is 6.07 Å². The minimum Gasteiger partial charge on any atom is -0.368 e. The summed E-state index contributed by atoms with van der Waals surface area (Å²) in [4.78, 5) is 28.1. The standard InChI is InChI=1S/C17H19ClN4O3/c18-14-10-13(4-3-12(14)11-19)20-17(24)22-7-5-21(6-8-22)16(23)15-2-1-9-25-15/h3-4,10,15H,1-2,5-9H2,(H,20,24). The molecule has 3 amide bonds. The molecule has 3 rings (SSSR count). The molecule has 8 heteroatoms. The van der Waals surface area contributed by atoms with Gasteiger partial charge in [-0.2, -0.15) is 5.26 Å². The van der Waals surface area contributed by atoms with Crippen molar-refractivity contribution in [2.24, 2.45) is 0 Å². The summed E-state index contributed by atoms with van der Waals surface area (Å²) in [5, 5.41) is 11.9. The Balaban J connectivity index is 1.52. The smallest absolute Gasteiger partial charge is 0.321 e. The normalized spacial score (nSPS) is 20.2. The molecule has 2 fully saturated rings. The number of carbonyl (C=O) groups excluding carboxylic acids is 2. The summed E-state index contributed by atoms with van der Waals surface area (Å²) >= 11 is 5.97. The van der Waals surface area contributed by atoms with Crippen molar-refractivity contribution in [1.82, 2.24) is 9.80 Å². The second-order valence-corrected chi connectivity index (χ2v) is 6.46. The number of ether oxygens (including phenoxy) is 1. The van der Waals surface area contributed by atoms with Gasteiger partial charge in [0, 0.05) is 38.5 Å². The predicted octanol–water partition coefficient (Wildman–Crippen LogP) is 2.07. The van der Waals surface area contributed by atoms with Crippen LogP contribution in [0.4, 0.5) is 10.5 Å². The Morgan fingerprint density at radius 1 is 1.24 bits per heavy atom. The summed E-state index contributed by atoms with van der Waals surface area (Å²) in [5.74, 6) is 0.0245. The van der Waals surface area contributed by atoms with Gasteiger partial charge in [0.05, 0.1) is 10.6 Å². The molecular weight excluding hydrogens is 344 g/mol. The molecule has 0 saturated carbocycles. The maximum Gasteiger partial charge on any atom is 0.321 e. The lowest BCUT2D eigenvalue weighted by Crippen LogP contribution is -2.53. The van der Waals surface area contributed by atoms with E-state index >= 15 is 0 Å². The Bertz CT molecular complexity index is 704. The molecule has 2 aliphatic rings. The third kappa shape index (κ3) is 4.03. The Morgan fingerprint density at radius 2 is 1.96 bits per heavy atom. The van der Waals surface area contributed by atoms with E-state index in [1.54, 1.807) is 28.0 Å². The summed E-state index contributed by atoms with van der Waals surface area (Å²) in [5.41, 5.74) is 0.896. The third-order valence-electron chi connectivity index (χ3n) is 4.42. The Morgan fingerprint density at radius 3 is 2.56 bits per heavy atom. The van der Waals surface area contributed by atoms with E-state index in [0.717, 1.165) is 12.8 Å². The van der Waals surface area contributed by atoms with Crippen molar-refractivity contribution in [2.75, 3.05) is 38.1 Å². The number of rotatable bonds is 2. The van der Waals surface area contributed by atoms with Gasteiger partial charge in [0.1, 0.15) is 12.2 Å². The van der Waals surface area contributed by atoms with Crippen LogP contribution >= 0.6 is 11.6 Å². The van der Waals surface area contributed by atoms with Crippen molar-refractivity contribution in [3.8, 4) is 6.07 Å². The lowest BCUT2D eigenvalue weighted by atomic mass is 10.2. The van der Waals surface area contributed by atoms with E-state index in [0.29, 0.717) is 49.1 Å². The minimum absolute atomic E-state index is 0.0245. The number of benzene rings is 1. The number of piperazine rings is 1. The van der Waals surface area contributed by atoms with Crippen LogP contribution in [-0.2, 0) is 9.53 Å². The first-order valence-electron chi connectivity index (χ1n) is 8.24. The molecule has 7 nitrogen and oxygen atoms in total. The summed E-state index contributed by atoms with van der Waals surface area (Å²) in [7, 11) is 0. The molecule has 1 aromatic rings. The van der Waals surface area contributed by atoms with Gasteiger partial charge in [0.25, 0.3) is 5.91 Å². The fourth-order valence-electron chi connectivity index (χ4n) is 2.99. The molecule has 0 aliphatic carbocycles. The molecule has 2 heterocycles. The maximum atomic E-state index is 12.3. The molecular formula is C17H19ClN4O3. The molecule has 1 unspecified atom stereocenters. The number of urea groups is 1. The number of halogens is 1. The number of amides is 3. The van der Waals surface area contributed by atoms with E-state index in [4.69, 9.17) is 21.6 Å². The summed E-state index contributed by atoms with van der Waals surface area (Å²) in [6.07, 6.45) is 1.38. The average Bonchev–Trinajstić information content (AvgIpc) is 3.16. The van der Waals surface area contributed by atoms with Crippen LogP contribution in [0.3, 0.4) is 0 Å². The van der Waals surface area contributed by atoms with Gasteiger partial charge in [-0.05, 0) is 31.0 Å². The lowest BCUT2D eigenvalue weighted by molar-refractivity contribution is -0.142. The Kier molecular flexibility index (Phi) is 5.41. The fourth-order valence-corrected chi connectivity index (χ4v) is 3.21. The molecule has 0 spiro atoms. The van der Waals surface area contributed by atoms with Gasteiger partial charge in [-0.25, -0.2) is 4.79 Å². The summed E-state index contributed by atoms with van der Waals surface area (Å²) in [6.45, 7) is 2.58. The number of nitrogens with zero attached hydrogens (tertiary/aromatic N) is 3. The van der Waals surface area contributed by atoms with Gasteiger partial charge < -0.3 is 19.9 Å². The van der Waals surface area contributed by atoms with Gasteiger partial charge in [-0.1, -0.05) is 11.6 Å². The zero-order valence-electron chi connectivity index (χ0n) is 13.7. The topological polar surface area (TPSA) is 85.7 Å². The second-order valence-electron chi connectivity index (χ2n) is 6.05. The van der Waals surface area contributed by atoms with Crippen LogP contribution in [0.1, 0.15) is 18.4 Å². The zero-order valence-corrected chi connectivity index (χ0v) is 14.5. The monoisotopic (exact) mass is 362 g/mol. The first-order chi connectivity index (χ1) is 12.1. The van der Waals surface area contributed by atoms with Crippen LogP contribution in [-0.4, -0.2) is 60.6 Å². The van der Waals surface area contributed by atoms with Crippen molar-refractivity contribution in [2.45, 2.75) is 18.9 Å². The van der Waals surface area contributed by atoms with Gasteiger partial charge in [0.15, 0.2) is 0 Å². The number of hydrogen-bond donors (Lipinski definition) is 1. The van der Waals surface area contributed by atoms with Crippen LogP contribution < -0.4 is 5.32 Å². The highest BCUT2D eigenvalue weighted by Gasteiger charge is 2.31. The molecule has 2 aliphatic heterocycles. The number of nitriles is 1. The van der Waals surface area contributed by atoms with E-state index in [2.05, 4.69) is 5.32 Å². The largest absolute Gasteiger partial charge is 0.368 e. The summed E-state index contributed by atoms with van der Waals surface area (Å²) in [6, 6.07) is 6.48. The highest BCUT2D eigenvalue weighted by Crippen LogP contribution is 2.21. The van der Waals surface area contributed by atoms with Gasteiger partial charge in [0.2, 0.25) is 0 Å². The van der Waals surface area contributed by atoms with Gasteiger partial charge in [-0.15, -0.1) is 0 Å². The number of hydrogen-bond acceptors (Lipinski definition) is 4. The molecule has 1 aromatic carbocycles. The highest BCUT2D eigenvalue weighted by molar-refractivity contribution is 6.32. The summed E-state index contributed by atoms with van der Waals surface area (Å²) < 4.78 is 5.43. The number of anilines is 1. The third-order valence-corrected chi connectivity index (χ3v) is 4.74. The first kappa shape index (κ1) is 17.5. The van der Waals surface area contributed by atoms with Gasteiger partial charge in [-0.3, -0.25) is 4.79 Å². The predicted molar refractivity (Wildman–Crippen MR) is 92.3 cm³/mol. The van der Waals surface area contributed by atoms with Crippen molar-refractivity contribution < 1.29 is 14.3 Å². The average molecular weight is 363 g/mol.